The first-order chi connectivity index (χ1) is 9.17. The van der Waals surface area contributed by atoms with Crippen molar-refractivity contribution in [1.82, 2.24) is 0 Å². The van der Waals surface area contributed by atoms with Crippen molar-refractivity contribution in [3.8, 4) is 0 Å². The maximum Gasteiger partial charge on any atom is 0.168 e. The van der Waals surface area contributed by atoms with Crippen LogP contribution in [-0.4, -0.2) is 25.0 Å². The van der Waals surface area contributed by atoms with E-state index in [1.807, 2.05) is 19.1 Å². The molecule has 0 unspecified atom stereocenters. The lowest BCUT2D eigenvalue weighted by molar-refractivity contribution is -0.177. The molecule has 1 aliphatic heterocycles. The summed E-state index contributed by atoms with van der Waals surface area (Å²) in [6.45, 7) is 3.29. The van der Waals surface area contributed by atoms with Crippen LogP contribution in [0, 0.1) is 12.7 Å². The SMILES string of the molecule is Cc1ccc(NC2CCC3(CC2)OCCO3)c(F)c1. The molecule has 0 bridgehead atoms. The zero-order valence-corrected chi connectivity index (χ0v) is 11.2. The van der Waals surface area contributed by atoms with Crippen LogP contribution in [0.1, 0.15) is 31.2 Å². The monoisotopic (exact) mass is 265 g/mol. The van der Waals surface area contributed by atoms with Gasteiger partial charge in [-0.15, -0.1) is 0 Å². The smallest absolute Gasteiger partial charge is 0.168 e. The van der Waals surface area contributed by atoms with E-state index >= 15 is 0 Å². The molecule has 0 amide bonds. The summed E-state index contributed by atoms with van der Waals surface area (Å²) in [6.07, 6.45) is 3.68. The van der Waals surface area contributed by atoms with Crippen LogP contribution in [0.3, 0.4) is 0 Å². The number of halogens is 1. The third-order valence-corrected chi connectivity index (χ3v) is 4.05. The fourth-order valence-electron chi connectivity index (χ4n) is 2.94. The fourth-order valence-corrected chi connectivity index (χ4v) is 2.94. The van der Waals surface area contributed by atoms with Crippen molar-refractivity contribution in [3.63, 3.8) is 0 Å². The van der Waals surface area contributed by atoms with E-state index in [2.05, 4.69) is 5.32 Å². The largest absolute Gasteiger partial charge is 0.380 e. The van der Waals surface area contributed by atoms with Gasteiger partial charge in [0.2, 0.25) is 0 Å². The normalized spacial score (nSPS) is 22.8. The van der Waals surface area contributed by atoms with Crippen LogP contribution in [0.4, 0.5) is 10.1 Å². The van der Waals surface area contributed by atoms with Gasteiger partial charge in [-0.3, -0.25) is 0 Å². The van der Waals surface area contributed by atoms with Crippen LogP contribution in [0.2, 0.25) is 0 Å². The van der Waals surface area contributed by atoms with E-state index in [1.165, 1.54) is 0 Å². The Morgan fingerprint density at radius 2 is 1.89 bits per heavy atom. The second kappa shape index (κ2) is 5.10. The van der Waals surface area contributed by atoms with Gasteiger partial charge in [-0.25, -0.2) is 4.39 Å². The van der Waals surface area contributed by atoms with Gasteiger partial charge in [0.1, 0.15) is 5.82 Å². The molecule has 0 aromatic heterocycles. The third-order valence-electron chi connectivity index (χ3n) is 4.05. The second-order valence-electron chi connectivity index (χ2n) is 5.51. The zero-order chi connectivity index (χ0) is 13.3. The van der Waals surface area contributed by atoms with Crippen molar-refractivity contribution in [2.24, 2.45) is 0 Å². The van der Waals surface area contributed by atoms with Gasteiger partial charge in [0.05, 0.1) is 18.9 Å². The van der Waals surface area contributed by atoms with Crippen molar-refractivity contribution in [1.29, 1.82) is 0 Å². The van der Waals surface area contributed by atoms with Gasteiger partial charge in [0, 0.05) is 18.9 Å². The number of nitrogens with one attached hydrogen (secondary N) is 1. The van der Waals surface area contributed by atoms with Crippen molar-refractivity contribution in [2.45, 2.75) is 44.4 Å². The van der Waals surface area contributed by atoms with E-state index in [-0.39, 0.29) is 11.6 Å². The van der Waals surface area contributed by atoms with Crippen molar-refractivity contribution >= 4 is 5.69 Å². The molecule has 1 aromatic carbocycles. The summed E-state index contributed by atoms with van der Waals surface area (Å²) < 4.78 is 25.2. The molecule has 4 heteroatoms. The minimum absolute atomic E-state index is 0.173. The highest BCUT2D eigenvalue weighted by molar-refractivity contribution is 5.47. The Balaban J connectivity index is 1.60. The fraction of sp³-hybridized carbons (Fsp3) is 0.600. The average Bonchev–Trinajstić information content (AvgIpc) is 2.84. The summed E-state index contributed by atoms with van der Waals surface area (Å²) in [5, 5.41) is 3.30. The highest BCUT2D eigenvalue weighted by Gasteiger charge is 2.40. The van der Waals surface area contributed by atoms with Crippen LogP contribution >= 0.6 is 0 Å². The van der Waals surface area contributed by atoms with E-state index < -0.39 is 0 Å². The number of aryl methyl sites for hydroxylation is 1. The average molecular weight is 265 g/mol. The third kappa shape index (κ3) is 2.74. The molecule has 2 fully saturated rings. The topological polar surface area (TPSA) is 30.5 Å². The van der Waals surface area contributed by atoms with Crippen LogP contribution in [0.15, 0.2) is 18.2 Å². The van der Waals surface area contributed by atoms with E-state index in [0.29, 0.717) is 24.9 Å². The number of benzene rings is 1. The first-order valence-electron chi connectivity index (χ1n) is 6.97. The van der Waals surface area contributed by atoms with Crippen molar-refractivity contribution in [3.05, 3.63) is 29.6 Å². The highest BCUT2D eigenvalue weighted by Crippen LogP contribution is 2.36. The summed E-state index contributed by atoms with van der Waals surface area (Å²) in [6, 6.07) is 5.61. The van der Waals surface area contributed by atoms with E-state index in [1.54, 1.807) is 6.07 Å². The molecular formula is C15H20FNO2. The van der Waals surface area contributed by atoms with Gasteiger partial charge in [-0.1, -0.05) is 6.07 Å². The van der Waals surface area contributed by atoms with Crippen LogP contribution < -0.4 is 5.32 Å². The summed E-state index contributed by atoms with van der Waals surface area (Å²) in [4.78, 5) is 0. The first-order valence-corrected chi connectivity index (χ1v) is 6.97. The quantitative estimate of drug-likeness (QED) is 0.890. The van der Waals surface area contributed by atoms with Gasteiger partial charge in [-0.2, -0.15) is 0 Å². The molecule has 3 rings (SSSR count). The summed E-state index contributed by atoms with van der Waals surface area (Å²) in [5.74, 6) is -0.516. The Hall–Kier alpha value is -1.13. The lowest BCUT2D eigenvalue weighted by Gasteiger charge is -2.36. The maximum absolute atomic E-state index is 13.8. The number of hydrogen-bond donors (Lipinski definition) is 1. The molecule has 2 aliphatic rings. The van der Waals surface area contributed by atoms with Gasteiger partial charge < -0.3 is 14.8 Å². The Morgan fingerprint density at radius 1 is 1.21 bits per heavy atom. The van der Waals surface area contributed by atoms with Gasteiger partial charge in [0.15, 0.2) is 5.79 Å². The van der Waals surface area contributed by atoms with Gasteiger partial charge >= 0.3 is 0 Å². The molecule has 104 valence electrons. The molecule has 1 saturated carbocycles. The summed E-state index contributed by atoms with van der Waals surface area (Å²) in [7, 11) is 0. The van der Waals surface area contributed by atoms with Crippen molar-refractivity contribution in [2.75, 3.05) is 18.5 Å². The van der Waals surface area contributed by atoms with E-state index in [9.17, 15) is 4.39 Å². The van der Waals surface area contributed by atoms with Gasteiger partial charge in [-0.05, 0) is 37.5 Å². The summed E-state index contributed by atoms with van der Waals surface area (Å²) >= 11 is 0. The molecule has 0 radical (unpaired) electrons. The minimum atomic E-state index is -0.343. The van der Waals surface area contributed by atoms with Crippen LogP contribution in [0.25, 0.3) is 0 Å². The number of anilines is 1. The first kappa shape index (κ1) is 12.9. The standard InChI is InChI=1S/C15H20FNO2/c1-11-2-3-14(13(16)10-11)17-12-4-6-15(7-5-12)18-8-9-19-15/h2-3,10,12,17H,4-9H2,1H3. The van der Waals surface area contributed by atoms with Crippen LogP contribution in [-0.2, 0) is 9.47 Å². The summed E-state index contributed by atoms with van der Waals surface area (Å²) in [5.41, 5.74) is 1.54. The molecule has 3 nitrogen and oxygen atoms in total. The Labute approximate surface area is 113 Å². The van der Waals surface area contributed by atoms with E-state index in [0.717, 1.165) is 31.2 Å². The second-order valence-corrected chi connectivity index (χ2v) is 5.51. The molecular weight excluding hydrogens is 245 g/mol. The Morgan fingerprint density at radius 3 is 2.53 bits per heavy atom. The predicted octanol–water partition coefficient (Wildman–Crippen LogP) is 3.23. The lowest BCUT2D eigenvalue weighted by Crippen LogP contribution is -2.39. The number of hydrogen-bond acceptors (Lipinski definition) is 3. The Bertz CT molecular complexity index is 447. The molecule has 1 aromatic rings. The number of ether oxygens (including phenoxy) is 2. The van der Waals surface area contributed by atoms with Gasteiger partial charge in [0.25, 0.3) is 0 Å². The molecule has 1 spiro atoms. The lowest BCUT2D eigenvalue weighted by atomic mass is 9.90. The molecule has 0 atom stereocenters. The highest BCUT2D eigenvalue weighted by atomic mass is 19.1. The molecule has 1 N–H and O–H groups in total. The Kier molecular flexibility index (Phi) is 3.46. The predicted molar refractivity (Wildman–Crippen MR) is 71.7 cm³/mol. The van der Waals surface area contributed by atoms with Crippen molar-refractivity contribution < 1.29 is 13.9 Å². The maximum atomic E-state index is 13.8. The number of rotatable bonds is 2. The van der Waals surface area contributed by atoms with E-state index in [4.69, 9.17) is 9.47 Å². The zero-order valence-electron chi connectivity index (χ0n) is 11.2. The molecule has 19 heavy (non-hydrogen) atoms. The molecule has 1 saturated heterocycles. The minimum Gasteiger partial charge on any atom is -0.380 e. The van der Waals surface area contributed by atoms with Crippen LogP contribution in [0.5, 0.6) is 0 Å². The molecule has 1 aliphatic carbocycles. The molecule has 1 heterocycles.